The van der Waals surface area contributed by atoms with E-state index in [9.17, 15) is 8.42 Å². The maximum absolute atomic E-state index is 12.9. The van der Waals surface area contributed by atoms with Crippen molar-refractivity contribution < 1.29 is 13.2 Å². The van der Waals surface area contributed by atoms with Crippen LogP contribution in [0.3, 0.4) is 0 Å². The van der Waals surface area contributed by atoms with Crippen LogP contribution < -0.4 is 5.32 Å². The molecule has 1 N–H and O–H groups in total. The van der Waals surface area contributed by atoms with E-state index in [2.05, 4.69) is 15.3 Å². The van der Waals surface area contributed by atoms with Gasteiger partial charge in [0.15, 0.2) is 0 Å². The highest BCUT2D eigenvalue weighted by atomic mass is 32.2. The van der Waals surface area contributed by atoms with Crippen molar-refractivity contribution in [3.05, 3.63) is 54.2 Å². The van der Waals surface area contributed by atoms with Gasteiger partial charge in [-0.2, -0.15) is 4.31 Å². The molecule has 0 spiro atoms. The van der Waals surface area contributed by atoms with Gasteiger partial charge in [0, 0.05) is 43.7 Å². The zero-order valence-electron chi connectivity index (χ0n) is 16.0. The van der Waals surface area contributed by atoms with E-state index >= 15 is 0 Å². The van der Waals surface area contributed by atoms with Crippen molar-refractivity contribution in [2.45, 2.75) is 4.90 Å². The molecular weight excluding hydrogens is 408 g/mol. The van der Waals surface area contributed by atoms with Crippen LogP contribution >= 0.6 is 11.3 Å². The third kappa shape index (κ3) is 3.95. The third-order valence-electron chi connectivity index (χ3n) is 4.64. The number of nitrogens with one attached hydrogen (secondary N) is 1. The fourth-order valence-electron chi connectivity index (χ4n) is 3.01. The lowest BCUT2D eigenvalue weighted by atomic mass is 10.2. The second-order valence-corrected chi connectivity index (χ2v) is 9.45. The predicted octanol–water partition coefficient (Wildman–Crippen LogP) is 3.86. The molecule has 0 aliphatic carbocycles. The lowest BCUT2D eigenvalue weighted by molar-refractivity contribution is 0.185. The number of thiazole rings is 1. The number of fused-ring (bicyclic) bond motifs is 2. The van der Waals surface area contributed by atoms with Gasteiger partial charge in [0.25, 0.3) is 0 Å². The Kier molecular flexibility index (Phi) is 5.46. The summed E-state index contributed by atoms with van der Waals surface area (Å²) in [6.45, 7) is 0.611. The minimum absolute atomic E-state index is 0.217. The van der Waals surface area contributed by atoms with Gasteiger partial charge in [-0.1, -0.05) is 0 Å². The molecule has 0 fully saturated rings. The molecule has 9 heteroatoms. The highest BCUT2D eigenvalue weighted by Gasteiger charge is 2.21. The lowest BCUT2D eigenvalue weighted by Crippen LogP contribution is -2.30. The van der Waals surface area contributed by atoms with Crippen LogP contribution in [0.15, 0.2) is 59.1 Å². The first-order valence-electron chi connectivity index (χ1n) is 8.93. The topological polar surface area (TPSA) is 84.4 Å². The smallest absolute Gasteiger partial charge is 0.242 e. The van der Waals surface area contributed by atoms with Crippen LogP contribution in [0.1, 0.15) is 0 Å². The fraction of sp³-hybridized carbons (Fsp3) is 0.200. The van der Waals surface area contributed by atoms with E-state index in [1.165, 1.54) is 4.31 Å². The number of sulfonamides is 1. The van der Waals surface area contributed by atoms with Gasteiger partial charge in [-0.3, -0.25) is 4.98 Å². The van der Waals surface area contributed by atoms with Gasteiger partial charge < -0.3 is 10.1 Å². The summed E-state index contributed by atoms with van der Waals surface area (Å²) in [5.74, 6) is 0. The Balaban J connectivity index is 1.72. The Morgan fingerprint density at radius 1 is 1.10 bits per heavy atom. The molecule has 2 heterocycles. The Bertz CT molecular complexity index is 1270. The molecule has 29 heavy (non-hydrogen) atoms. The van der Waals surface area contributed by atoms with Crippen molar-refractivity contribution >= 4 is 53.9 Å². The lowest BCUT2D eigenvalue weighted by Gasteiger charge is -2.17. The zero-order valence-corrected chi connectivity index (χ0v) is 17.6. The number of likely N-dealkylation sites (N-methyl/N-ethyl adjacent to an activating group) is 1. The summed E-state index contributed by atoms with van der Waals surface area (Å²) in [5, 5.41) is 4.10. The summed E-state index contributed by atoms with van der Waals surface area (Å²) in [7, 11) is -0.534. The predicted molar refractivity (Wildman–Crippen MR) is 116 cm³/mol. The second-order valence-electron chi connectivity index (χ2n) is 6.52. The monoisotopic (exact) mass is 428 g/mol. The van der Waals surface area contributed by atoms with Crippen LogP contribution in [0, 0.1) is 0 Å². The molecule has 0 saturated carbocycles. The zero-order chi connectivity index (χ0) is 20.4. The molecule has 0 amide bonds. The number of methoxy groups -OCH3 is 1. The molecule has 0 saturated heterocycles. The van der Waals surface area contributed by atoms with Crippen LogP contribution in [-0.2, 0) is 14.8 Å². The van der Waals surface area contributed by atoms with Gasteiger partial charge in [-0.25, -0.2) is 13.4 Å². The number of hydrogen-bond donors (Lipinski definition) is 1. The molecule has 2 aromatic carbocycles. The summed E-state index contributed by atoms with van der Waals surface area (Å²) in [6.07, 6.45) is 1.70. The average Bonchev–Trinajstić information content (AvgIpc) is 3.19. The number of aromatic nitrogens is 2. The Morgan fingerprint density at radius 2 is 1.97 bits per heavy atom. The minimum Gasteiger partial charge on any atom is -0.383 e. The average molecular weight is 429 g/mol. The number of benzene rings is 2. The van der Waals surface area contributed by atoms with E-state index in [0.717, 1.165) is 27.0 Å². The number of rotatable bonds is 7. The highest BCUT2D eigenvalue weighted by molar-refractivity contribution is 7.89. The highest BCUT2D eigenvalue weighted by Crippen LogP contribution is 2.30. The minimum atomic E-state index is -3.62. The van der Waals surface area contributed by atoms with Crippen LogP contribution in [0.5, 0.6) is 0 Å². The molecule has 4 aromatic rings. The first kappa shape index (κ1) is 19.7. The van der Waals surface area contributed by atoms with Gasteiger partial charge in [0.1, 0.15) is 0 Å². The second kappa shape index (κ2) is 8.03. The van der Waals surface area contributed by atoms with Crippen molar-refractivity contribution in [1.82, 2.24) is 14.3 Å². The largest absolute Gasteiger partial charge is 0.383 e. The normalized spacial score (nSPS) is 12.1. The van der Waals surface area contributed by atoms with Crippen molar-refractivity contribution in [3.63, 3.8) is 0 Å². The fourth-order valence-corrected chi connectivity index (χ4v) is 4.85. The number of anilines is 2. The number of hydrogen-bond acceptors (Lipinski definition) is 7. The molecule has 0 unspecified atom stereocenters. The Labute approximate surface area is 173 Å². The van der Waals surface area contributed by atoms with E-state index in [-0.39, 0.29) is 11.4 Å². The molecule has 2 aromatic heterocycles. The molecule has 0 aliphatic rings. The Morgan fingerprint density at radius 3 is 2.79 bits per heavy atom. The standard InChI is InChI=1S/C20H20N4O3S2/c1-24(9-10-27-2)29(25,26)15-4-5-17-16(12-15)18(7-8-21-17)23-14-3-6-20-19(11-14)22-13-28-20/h3-8,11-13H,9-10H2,1-2H3,(H,21,23). The first-order valence-corrected chi connectivity index (χ1v) is 11.3. The van der Waals surface area contributed by atoms with Crippen LogP contribution in [-0.4, -0.2) is 50.0 Å². The summed E-state index contributed by atoms with van der Waals surface area (Å²) in [5.41, 5.74) is 5.10. The number of pyridine rings is 1. The van der Waals surface area contributed by atoms with Crippen LogP contribution in [0.25, 0.3) is 21.1 Å². The van der Waals surface area contributed by atoms with E-state index in [0.29, 0.717) is 12.1 Å². The van der Waals surface area contributed by atoms with Crippen molar-refractivity contribution in [3.8, 4) is 0 Å². The van der Waals surface area contributed by atoms with Gasteiger partial charge in [-0.15, -0.1) is 11.3 Å². The summed E-state index contributed by atoms with van der Waals surface area (Å²) in [4.78, 5) is 8.93. The number of nitrogens with zero attached hydrogens (tertiary/aromatic N) is 3. The quantitative estimate of drug-likeness (QED) is 0.481. The molecule has 0 atom stereocenters. The molecule has 0 aliphatic heterocycles. The van der Waals surface area contributed by atoms with Crippen molar-refractivity contribution in [2.75, 3.05) is 32.6 Å². The summed E-state index contributed by atoms with van der Waals surface area (Å²) in [6, 6.07) is 12.8. The van der Waals surface area contributed by atoms with Gasteiger partial charge in [-0.05, 0) is 42.5 Å². The van der Waals surface area contributed by atoms with E-state index in [1.807, 2.05) is 29.8 Å². The maximum Gasteiger partial charge on any atom is 0.242 e. The summed E-state index contributed by atoms with van der Waals surface area (Å²) < 4.78 is 33.2. The SMILES string of the molecule is COCCN(C)S(=O)(=O)c1ccc2nccc(Nc3ccc4scnc4c3)c2c1. The van der Waals surface area contributed by atoms with E-state index in [1.54, 1.807) is 49.9 Å². The van der Waals surface area contributed by atoms with Gasteiger partial charge in [0.05, 0.1) is 32.7 Å². The van der Waals surface area contributed by atoms with Crippen molar-refractivity contribution in [1.29, 1.82) is 0 Å². The molecule has 0 radical (unpaired) electrons. The molecule has 0 bridgehead atoms. The Hall–Kier alpha value is -2.59. The third-order valence-corrected chi connectivity index (χ3v) is 7.30. The van der Waals surface area contributed by atoms with Gasteiger partial charge >= 0.3 is 0 Å². The molecule has 150 valence electrons. The van der Waals surface area contributed by atoms with Crippen molar-refractivity contribution in [2.24, 2.45) is 0 Å². The van der Waals surface area contributed by atoms with Crippen LogP contribution in [0.4, 0.5) is 11.4 Å². The van der Waals surface area contributed by atoms with E-state index in [4.69, 9.17) is 4.74 Å². The molecular formula is C20H20N4O3S2. The molecule has 7 nitrogen and oxygen atoms in total. The van der Waals surface area contributed by atoms with E-state index < -0.39 is 10.0 Å². The van der Waals surface area contributed by atoms with Gasteiger partial charge in [0.2, 0.25) is 10.0 Å². The first-order chi connectivity index (χ1) is 14.0. The summed E-state index contributed by atoms with van der Waals surface area (Å²) >= 11 is 1.59. The van der Waals surface area contributed by atoms with Crippen LogP contribution in [0.2, 0.25) is 0 Å². The maximum atomic E-state index is 12.9. The number of ether oxygens (including phenoxy) is 1. The molecule has 4 rings (SSSR count).